The number of sulfonamides is 1. The number of alkyl halides is 6. The Morgan fingerprint density at radius 1 is 0.872 bits per heavy atom. The highest BCUT2D eigenvalue weighted by Crippen LogP contribution is 2.37. The van der Waals surface area contributed by atoms with E-state index in [2.05, 4.69) is 5.32 Å². The first-order valence-electron chi connectivity index (χ1n) is 11.2. The summed E-state index contributed by atoms with van der Waals surface area (Å²) in [5.74, 6) is -0.545. The summed E-state index contributed by atoms with van der Waals surface area (Å²) in [4.78, 5) is 12.2. The summed E-state index contributed by atoms with van der Waals surface area (Å²) < 4.78 is 105. The maximum Gasteiger partial charge on any atom is 0.416 e. The van der Waals surface area contributed by atoms with E-state index in [1.54, 1.807) is 6.07 Å². The number of benzene rings is 3. The molecular weight excluding hydrogens is 593 g/mol. The summed E-state index contributed by atoms with van der Waals surface area (Å²) in [5.41, 5.74) is -0.274. The molecule has 0 bridgehead atoms. The molecule has 1 aliphatic heterocycles. The van der Waals surface area contributed by atoms with Gasteiger partial charge in [0.2, 0.25) is 15.9 Å². The highest BCUT2D eigenvalue weighted by molar-refractivity contribution is 7.89. The molecule has 0 fully saturated rings. The van der Waals surface area contributed by atoms with Crippen LogP contribution in [0.1, 0.15) is 27.8 Å². The normalized spacial score (nSPS) is 14.7. The molecule has 208 valence electrons. The third-order valence-corrected chi connectivity index (χ3v) is 8.75. The van der Waals surface area contributed by atoms with Crippen molar-refractivity contribution in [3.8, 4) is 0 Å². The number of hydrogen-bond donors (Lipinski definition) is 1. The van der Waals surface area contributed by atoms with Crippen molar-refractivity contribution in [1.82, 2.24) is 4.31 Å². The van der Waals surface area contributed by atoms with Crippen molar-refractivity contribution in [2.75, 3.05) is 11.9 Å². The molecule has 5 nitrogen and oxygen atoms in total. The number of hydrogen-bond acceptors (Lipinski definition) is 3. The Balaban J connectivity index is 1.53. The summed E-state index contributed by atoms with van der Waals surface area (Å²) in [6.45, 7) is -0.233. The van der Waals surface area contributed by atoms with E-state index in [1.165, 1.54) is 18.2 Å². The monoisotopic (exact) mass is 610 g/mol. The van der Waals surface area contributed by atoms with Crippen LogP contribution in [0.2, 0.25) is 10.0 Å². The molecule has 3 aromatic rings. The van der Waals surface area contributed by atoms with Crippen LogP contribution < -0.4 is 5.32 Å². The number of carbonyl (C=O) groups is 1. The molecule has 0 saturated carbocycles. The van der Waals surface area contributed by atoms with Gasteiger partial charge in [0.05, 0.1) is 33.3 Å². The lowest BCUT2D eigenvalue weighted by molar-refractivity contribution is -0.138. The summed E-state index contributed by atoms with van der Waals surface area (Å²) >= 11 is 12.2. The number of fused-ring (bicyclic) bond motifs is 1. The van der Waals surface area contributed by atoms with E-state index in [0.717, 1.165) is 22.5 Å². The van der Waals surface area contributed by atoms with Gasteiger partial charge >= 0.3 is 12.4 Å². The van der Waals surface area contributed by atoms with Gasteiger partial charge in [-0.25, -0.2) is 8.42 Å². The zero-order valence-electron chi connectivity index (χ0n) is 19.6. The second-order valence-electron chi connectivity index (χ2n) is 8.71. The van der Waals surface area contributed by atoms with Crippen molar-refractivity contribution in [2.45, 2.75) is 36.6 Å². The Bertz CT molecular complexity index is 1520. The molecule has 0 unspecified atom stereocenters. The first kappa shape index (κ1) is 29.2. The maximum atomic E-state index is 13.2. The number of carbonyl (C=O) groups excluding carboxylic acids is 1. The lowest BCUT2D eigenvalue weighted by atomic mass is 9.98. The molecule has 39 heavy (non-hydrogen) atoms. The van der Waals surface area contributed by atoms with Crippen molar-refractivity contribution in [1.29, 1.82) is 0 Å². The van der Waals surface area contributed by atoms with Gasteiger partial charge in [-0.15, -0.1) is 0 Å². The van der Waals surface area contributed by atoms with Crippen molar-refractivity contribution >= 4 is 44.8 Å². The molecule has 0 spiro atoms. The van der Waals surface area contributed by atoms with Crippen molar-refractivity contribution < 1.29 is 39.6 Å². The maximum absolute atomic E-state index is 13.2. The minimum atomic E-state index is -4.69. The average Bonchev–Trinajstić information content (AvgIpc) is 2.84. The summed E-state index contributed by atoms with van der Waals surface area (Å²) in [5, 5.41) is 2.27. The molecule has 3 aromatic carbocycles. The van der Waals surface area contributed by atoms with E-state index in [4.69, 9.17) is 23.2 Å². The standard InChI is InChI=1S/C25H18Cl2F6N2O3S/c26-19-7-3-15-13-35(39(37,38)21-8-6-17(12-20(21)27)25(31,32)33)10-9-18(15)23(19)34-22(36)11-14-1-4-16(5-2-14)24(28,29)30/h1-8,12H,9-11,13H2,(H,34,36). The molecule has 1 N–H and O–H groups in total. The molecule has 1 aliphatic rings. The smallest absolute Gasteiger partial charge is 0.324 e. The Morgan fingerprint density at radius 2 is 1.49 bits per heavy atom. The fraction of sp³-hybridized carbons (Fsp3) is 0.240. The first-order chi connectivity index (χ1) is 18.1. The molecule has 1 amide bonds. The van der Waals surface area contributed by atoms with Crippen LogP contribution in [0.3, 0.4) is 0 Å². The van der Waals surface area contributed by atoms with Crippen molar-refractivity contribution in [3.05, 3.63) is 92.5 Å². The Morgan fingerprint density at radius 3 is 2.08 bits per heavy atom. The van der Waals surface area contributed by atoms with Crippen LogP contribution in [-0.2, 0) is 46.6 Å². The van der Waals surface area contributed by atoms with Crippen LogP contribution in [0.5, 0.6) is 0 Å². The van der Waals surface area contributed by atoms with Crippen LogP contribution in [0, 0.1) is 0 Å². The fourth-order valence-corrected chi connectivity index (χ4v) is 6.31. The number of halogens is 8. The molecule has 1 heterocycles. The van der Waals surface area contributed by atoms with Gasteiger partial charge in [-0.3, -0.25) is 4.79 Å². The summed E-state index contributed by atoms with van der Waals surface area (Å²) in [7, 11) is -4.26. The Kier molecular flexibility index (Phi) is 7.96. The zero-order chi connectivity index (χ0) is 28.8. The number of nitrogens with one attached hydrogen (secondary N) is 1. The first-order valence-corrected chi connectivity index (χ1v) is 13.4. The van der Waals surface area contributed by atoms with Crippen LogP contribution in [0.15, 0.2) is 59.5 Å². The average molecular weight is 611 g/mol. The van der Waals surface area contributed by atoms with Gasteiger partial charge in [0.25, 0.3) is 0 Å². The van der Waals surface area contributed by atoms with E-state index >= 15 is 0 Å². The predicted octanol–water partition coefficient (Wildman–Crippen LogP) is 6.96. The van der Waals surface area contributed by atoms with Gasteiger partial charge in [0, 0.05) is 13.1 Å². The SMILES string of the molecule is O=C(Cc1ccc(C(F)(F)F)cc1)Nc1c(Cl)ccc2c1CCN(S(=O)(=O)c1ccc(C(F)(F)F)cc1Cl)C2. The molecule has 14 heteroatoms. The van der Waals surface area contributed by atoms with Gasteiger partial charge < -0.3 is 5.32 Å². The highest BCUT2D eigenvalue weighted by atomic mass is 35.5. The predicted molar refractivity (Wildman–Crippen MR) is 133 cm³/mol. The van der Waals surface area contributed by atoms with E-state index in [1.807, 2.05) is 0 Å². The molecular formula is C25H18Cl2F6N2O3S. The van der Waals surface area contributed by atoms with E-state index in [0.29, 0.717) is 28.8 Å². The second kappa shape index (κ2) is 10.6. The number of nitrogens with zero attached hydrogens (tertiary/aromatic N) is 1. The molecule has 0 aromatic heterocycles. The number of rotatable bonds is 5. The van der Waals surface area contributed by atoms with E-state index in [9.17, 15) is 39.6 Å². The van der Waals surface area contributed by atoms with Crippen LogP contribution in [0.25, 0.3) is 0 Å². The third-order valence-electron chi connectivity index (χ3n) is 6.10. The van der Waals surface area contributed by atoms with Crippen LogP contribution >= 0.6 is 23.2 Å². The quantitative estimate of drug-likeness (QED) is 0.318. The zero-order valence-corrected chi connectivity index (χ0v) is 22.0. The lowest BCUT2D eigenvalue weighted by Crippen LogP contribution is -2.36. The molecule has 4 rings (SSSR count). The van der Waals surface area contributed by atoms with Crippen LogP contribution in [0.4, 0.5) is 32.0 Å². The largest absolute Gasteiger partial charge is 0.416 e. The molecule has 0 atom stereocenters. The Hall–Kier alpha value is -2.80. The van der Waals surface area contributed by atoms with Gasteiger partial charge in [0.1, 0.15) is 4.90 Å². The highest BCUT2D eigenvalue weighted by Gasteiger charge is 2.35. The Labute approximate surface area is 229 Å². The lowest BCUT2D eigenvalue weighted by Gasteiger charge is -2.30. The minimum absolute atomic E-state index is 0.0746. The summed E-state index contributed by atoms with van der Waals surface area (Å²) in [6, 6.07) is 9.16. The van der Waals surface area contributed by atoms with Gasteiger partial charge in [-0.05, 0) is 59.5 Å². The molecule has 0 radical (unpaired) electrons. The van der Waals surface area contributed by atoms with Crippen molar-refractivity contribution in [2.24, 2.45) is 0 Å². The molecule has 0 saturated heterocycles. The van der Waals surface area contributed by atoms with E-state index < -0.39 is 49.3 Å². The summed E-state index contributed by atoms with van der Waals surface area (Å²) in [6.07, 6.45) is -9.31. The minimum Gasteiger partial charge on any atom is -0.324 e. The van der Waals surface area contributed by atoms with Gasteiger partial charge in [0.15, 0.2) is 0 Å². The topological polar surface area (TPSA) is 66.5 Å². The van der Waals surface area contributed by atoms with Gasteiger partial charge in [-0.1, -0.05) is 41.4 Å². The second-order valence-corrected chi connectivity index (χ2v) is 11.4. The van der Waals surface area contributed by atoms with Crippen molar-refractivity contribution in [3.63, 3.8) is 0 Å². The fourth-order valence-electron chi connectivity index (χ4n) is 4.15. The molecule has 0 aliphatic carbocycles. The number of anilines is 1. The van der Waals surface area contributed by atoms with E-state index in [-0.39, 0.29) is 36.6 Å². The van der Waals surface area contributed by atoms with Crippen LogP contribution in [-0.4, -0.2) is 25.2 Å². The van der Waals surface area contributed by atoms with Gasteiger partial charge in [-0.2, -0.15) is 30.6 Å². The number of amides is 1. The third kappa shape index (κ3) is 6.34.